The predicted octanol–water partition coefficient (Wildman–Crippen LogP) is 0.0228. The van der Waals surface area contributed by atoms with E-state index >= 15 is 0 Å². The van der Waals surface area contributed by atoms with Crippen LogP contribution in [0, 0.1) is 11.3 Å². The Morgan fingerprint density at radius 3 is 2.27 bits per heavy atom. The Balaban J connectivity index is 2.09. The molecule has 0 aromatic heterocycles. The quantitative estimate of drug-likeness (QED) is 0.590. The van der Waals surface area contributed by atoms with Crippen molar-refractivity contribution in [3.05, 3.63) is 0 Å². The first-order valence-corrected chi connectivity index (χ1v) is 4.13. The van der Waals surface area contributed by atoms with Gasteiger partial charge in [0.15, 0.2) is 0 Å². The zero-order chi connectivity index (χ0) is 8.06. The molecule has 2 aliphatic carbocycles. The van der Waals surface area contributed by atoms with Gasteiger partial charge < -0.3 is 10.8 Å². The molecular formula is C8H13NO2. The fourth-order valence-electron chi connectivity index (χ4n) is 2.15. The Kier molecular flexibility index (Phi) is 1.27. The maximum Gasteiger partial charge on any atom is 0.224 e. The topological polar surface area (TPSA) is 63.3 Å². The van der Waals surface area contributed by atoms with E-state index in [0.29, 0.717) is 18.8 Å². The van der Waals surface area contributed by atoms with Gasteiger partial charge in [0, 0.05) is 0 Å². The van der Waals surface area contributed by atoms with Gasteiger partial charge in [-0.3, -0.25) is 4.79 Å². The molecular weight excluding hydrogens is 142 g/mol. The molecule has 0 aliphatic heterocycles. The van der Waals surface area contributed by atoms with E-state index in [0.717, 1.165) is 12.8 Å². The second-order valence-corrected chi connectivity index (χ2v) is 3.86. The fraction of sp³-hybridized carbons (Fsp3) is 0.875. The largest absolute Gasteiger partial charge is 0.393 e. The van der Waals surface area contributed by atoms with Gasteiger partial charge in [-0.05, 0) is 31.6 Å². The second kappa shape index (κ2) is 1.97. The first-order valence-electron chi connectivity index (χ1n) is 4.13. The number of rotatable bonds is 2. The summed E-state index contributed by atoms with van der Waals surface area (Å²) < 4.78 is 0. The van der Waals surface area contributed by atoms with Crippen molar-refractivity contribution in [3.8, 4) is 0 Å². The molecule has 0 saturated heterocycles. The highest BCUT2D eigenvalue weighted by Crippen LogP contribution is 2.56. The molecule has 2 rings (SSSR count). The molecule has 0 aromatic carbocycles. The van der Waals surface area contributed by atoms with Crippen LogP contribution in [0.2, 0.25) is 0 Å². The van der Waals surface area contributed by atoms with Crippen LogP contribution in [0.4, 0.5) is 0 Å². The molecule has 11 heavy (non-hydrogen) atoms. The monoisotopic (exact) mass is 155 g/mol. The minimum absolute atomic E-state index is 0.203. The van der Waals surface area contributed by atoms with Crippen molar-refractivity contribution in [2.24, 2.45) is 17.1 Å². The van der Waals surface area contributed by atoms with Crippen LogP contribution in [-0.4, -0.2) is 17.1 Å². The predicted molar refractivity (Wildman–Crippen MR) is 39.6 cm³/mol. The summed E-state index contributed by atoms with van der Waals surface area (Å²) in [5, 5.41) is 9.10. The maximum absolute atomic E-state index is 11.0. The normalized spacial score (nSPS) is 43.2. The van der Waals surface area contributed by atoms with Gasteiger partial charge in [0.25, 0.3) is 0 Å². The van der Waals surface area contributed by atoms with Crippen molar-refractivity contribution in [1.82, 2.24) is 0 Å². The number of amides is 1. The molecule has 0 radical (unpaired) electrons. The minimum Gasteiger partial charge on any atom is -0.393 e. The third kappa shape index (κ3) is 0.872. The molecule has 3 heteroatoms. The molecule has 3 N–H and O–H groups in total. The highest BCUT2D eigenvalue weighted by Gasteiger charge is 2.57. The standard InChI is InChI=1S/C8H13NO2/c9-7(11)8(5-1-2-5)3-6(10)4-8/h5-6,10H,1-4H2,(H2,9,11). The minimum atomic E-state index is -0.306. The first kappa shape index (κ1) is 7.10. The second-order valence-electron chi connectivity index (χ2n) is 3.86. The van der Waals surface area contributed by atoms with Crippen molar-refractivity contribution in [2.75, 3.05) is 0 Å². The van der Waals surface area contributed by atoms with E-state index in [2.05, 4.69) is 0 Å². The molecule has 0 heterocycles. The number of carbonyl (C=O) groups is 1. The number of hydrogen-bond acceptors (Lipinski definition) is 2. The van der Waals surface area contributed by atoms with Gasteiger partial charge in [-0.2, -0.15) is 0 Å². The Hall–Kier alpha value is -0.570. The van der Waals surface area contributed by atoms with Gasteiger partial charge in [0.05, 0.1) is 11.5 Å². The van der Waals surface area contributed by atoms with Crippen LogP contribution in [0.3, 0.4) is 0 Å². The van der Waals surface area contributed by atoms with E-state index < -0.39 is 0 Å². The molecule has 1 amide bonds. The van der Waals surface area contributed by atoms with E-state index in [1.165, 1.54) is 0 Å². The van der Waals surface area contributed by atoms with E-state index in [1.807, 2.05) is 0 Å². The van der Waals surface area contributed by atoms with Gasteiger partial charge >= 0.3 is 0 Å². The van der Waals surface area contributed by atoms with Gasteiger partial charge in [-0.25, -0.2) is 0 Å². The molecule has 0 atom stereocenters. The highest BCUT2D eigenvalue weighted by atomic mass is 16.3. The summed E-state index contributed by atoms with van der Waals surface area (Å²) in [6, 6.07) is 0. The number of primary amides is 1. The molecule has 2 fully saturated rings. The summed E-state index contributed by atoms with van der Waals surface area (Å²) in [6.45, 7) is 0. The zero-order valence-corrected chi connectivity index (χ0v) is 6.42. The molecule has 3 nitrogen and oxygen atoms in total. The van der Waals surface area contributed by atoms with Crippen molar-refractivity contribution in [3.63, 3.8) is 0 Å². The van der Waals surface area contributed by atoms with E-state index in [1.54, 1.807) is 0 Å². The third-order valence-electron chi connectivity index (χ3n) is 3.05. The molecule has 2 saturated carbocycles. The van der Waals surface area contributed by atoms with Crippen molar-refractivity contribution in [2.45, 2.75) is 31.8 Å². The summed E-state index contributed by atoms with van der Waals surface area (Å²) >= 11 is 0. The Morgan fingerprint density at radius 2 is 2.00 bits per heavy atom. The van der Waals surface area contributed by atoms with Crippen LogP contribution in [0.25, 0.3) is 0 Å². The highest BCUT2D eigenvalue weighted by molar-refractivity contribution is 5.82. The Labute approximate surface area is 65.6 Å². The van der Waals surface area contributed by atoms with Crippen molar-refractivity contribution < 1.29 is 9.90 Å². The van der Waals surface area contributed by atoms with E-state index in [4.69, 9.17) is 10.8 Å². The summed E-state index contributed by atoms with van der Waals surface area (Å²) in [6.07, 6.45) is 3.17. The average molecular weight is 155 g/mol. The van der Waals surface area contributed by atoms with Crippen molar-refractivity contribution >= 4 is 5.91 Å². The number of hydrogen-bond donors (Lipinski definition) is 2. The lowest BCUT2D eigenvalue weighted by atomic mass is 9.63. The summed E-state index contributed by atoms with van der Waals surface area (Å²) in [7, 11) is 0. The van der Waals surface area contributed by atoms with Gasteiger partial charge in [-0.1, -0.05) is 0 Å². The summed E-state index contributed by atoms with van der Waals surface area (Å²) in [5.41, 5.74) is 4.98. The van der Waals surface area contributed by atoms with E-state index in [-0.39, 0.29) is 17.4 Å². The molecule has 0 unspecified atom stereocenters. The number of aliphatic hydroxyl groups excluding tert-OH is 1. The SMILES string of the molecule is NC(=O)C1(C2CC2)CC(O)C1. The van der Waals surface area contributed by atoms with Crippen LogP contribution in [-0.2, 0) is 4.79 Å². The summed E-state index contributed by atoms with van der Waals surface area (Å²) in [4.78, 5) is 11.0. The lowest BCUT2D eigenvalue weighted by Crippen LogP contribution is -2.51. The molecule has 0 aromatic rings. The van der Waals surface area contributed by atoms with E-state index in [9.17, 15) is 4.79 Å². The smallest absolute Gasteiger partial charge is 0.224 e. The summed E-state index contributed by atoms with van der Waals surface area (Å²) in [5.74, 6) is 0.286. The van der Waals surface area contributed by atoms with Crippen LogP contribution >= 0.6 is 0 Å². The molecule has 62 valence electrons. The Bertz CT molecular complexity index is 192. The van der Waals surface area contributed by atoms with Crippen LogP contribution in [0.5, 0.6) is 0 Å². The Morgan fingerprint density at radius 1 is 1.45 bits per heavy atom. The lowest BCUT2D eigenvalue weighted by molar-refractivity contribution is -0.143. The van der Waals surface area contributed by atoms with Crippen LogP contribution in [0.1, 0.15) is 25.7 Å². The zero-order valence-electron chi connectivity index (χ0n) is 6.42. The van der Waals surface area contributed by atoms with Crippen LogP contribution in [0.15, 0.2) is 0 Å². The maximum atomic E-state index is 11.0. The average Bonchev–Trinajstić information content (AvgIpc) is 2.60. The number of aliphatic hydroxyl groups is 1. The number of carbonyl (C=O) groups excluding carboxylic acids is 1. The molecule has 2 aliphatic rings. The third-order valence-corrected chi connectivity index (χ3v) is 3.05. The molecule has 0 spiro atoms. The lowest BCUT2D eigenvalue weighted by Gasteiger charge is -2.43. The molecule has 0 bridgehead atoms. The van der Waals surface area contributed by atoms with Gasteiger partial charge in [-0.15, -0.1) is 0 Å². The fourth-order valence-corrected chi connectivity index (χ4v) is 2.15. The number of nitrogens with two attached hydrogens (primary N) is 1. The van der Waals surface area contributed by atoms with Gasteiger partial charge in [0.1, 0.15) is 0 Å². The van der Waals surface area contributed by atoms with Crippen LogP contribution < -0.4 is 5.73 Å². The van der Waals surface area contributed by atoms with Gasteiger partial charge in [0.2, 0.25) is 5.91 Å². The first-order chi connectivity index (χ1) is 5.15. The van der Waals surface area contributed by atoms with Crippen molar-refractivity contribution in [1.29, 1.82) is 0 Å².